The number of benzene rings is 4. The fraction of sp³-hybridized carbons (Fsp3) is 0.0769. The molecule has 0 aliphatic carbocycles. The molecule has 0 aliphatic heterocycles. The Bertz CT molecular complexity index is 1380. The molecule has 0 aromatic heterocycles. The zero-order valence-corrected chi connectivity index (χ0v) is 18.1. The van der Waals surface area contributed by atoms with Gasteiger partial charge in [-0.25, -0.2) is 8.42 Å². The van der Waals surface area contributed by atoms with E-state index in [0.29, 0.717) is 11.1 Å². The molecule has 0 radical (unpaired) electrons. The number of sulfonamides is 1. The number of anilines is 2. The van der Waals surface area contributed by atoms with Crippen molar-refractivity contribution in [3.8, 4) is 11.8 Å². The molecule has 4 aromatic carbocycles. The first-order valence-corrected chi connectivity index (χ1v) is 11.3. The SMILES string of the molecule is CN(C)c1cccc2c(S(=O)(=O)Nc3ccc(C#Cc4ccccc4)cc3)cccc12. The lowest BCUT2D eigenvalue weighted by Gasteiger charge is -2.17. The molecule has 0 atom stereocenters. The van der Waals surface area contributed by atoms with Crippen LogP contribution < -0.4 is 9.62 Å². The van der Waals surface area contributed by atoms with Gasteiger partial charge in [0, 0.05) is 47.4 Å². The molecule has 0 unspecified atom stereocenters. The summed E-state index contributed by atoms with van der Waals surface area (Å²) in [5.41, 5.74) is 3.20. The molecule has 0 aliphatic rings. The minimum absolute atomic E-state index is 0.252. The van der Waals surface area contributed by atoms with Crippen molar-refractivity contribution in [1.82, 2.24) is 0 Å². The van der Waals surface area contributed by atoms with Crippen LogP contribution in [0, 0.1) is 11.8 Å². The summed E-state index contributed by atoms with van der Waals surface area (Å²) in [6.07, 6.45) is 0. The van der Waals surface area contributed by atoms with E-state index in [4.69, 9.17) is 0 Å². The van der Waals surface area contributed by atoms with E-state index in [2.05, 4.69) is 16.6 Å². The molecule has 5 heteroatoms. The maximum atomic E-state index is 13.1. The molecule has 1 N–H and O–H groups in total. The summed E-state index contributed by atoms with van der Waals surface area (Å²) in [5, 5.41) is 1.58. The van der Waals surface area contributed by atoms with E-state index < -0.39 is 10.0 Å². The maximum Gasteiger partial charge on any atom is 0.262 e. The zero-order chi connectivity index (χ0) is 21.8. The number of nitrogens with zero attached hydrogens (tertiary/aromatic N) is 1. The second-order valence-corrected chi connectivity index (χ2v) is 8.97. The van der Waals surface area contributed by atoms with E-state index in [9.17, 15) is 8.42 Å². The van der Waals surface area contributed by atoms with Crippen molar-refractivity contribution in [2.45, 2.75) is 4.90 Å². The van der Waals surface area contributed by atoms with Gasteiger partial charge in [0.05, 0.1) is 4.90 Å². The van der Waals surface area contributed by atoms with Crippen LogP contribution in [0.15, 0.2) is 95.9 Å². The molecule has 0 amide bonds. The van der Waals surface area contributed by atoms with Crippen molar-refractivity contribution in [2.75, 3.05) is 23.7 Å². The summed E-state index contributed by atoms with van der Waals surface area (Å²) in [5.74, 6) is 6.19. The minimum Gasteiger partial charge on any atom is -0.377 e. The van der Waals surface area contributed by atoms with Crippen LogP contribution in [0.5, 0.6) is 0 Å². The van der Waals surface area contributed by atoms with Gasteiger partial charge >= 0.3 is 0 Å². The van der Waals surface area contributed by atoms with Gasteiger partial charge in [-0.3, -0.25) is 4.72 Å². The number of fused-ring (bicyclic) bond motifs is 1. The molecule has 4 aromatic rings. The van der Waals surface area contributed by atoms with Crippen LogP contribution in [-0.2, 0) is 10.0 Å². The Morgan fingerprint density at radius 2 is 1.29 bits per heavy atom. The first-order chi connectivity index (χ1) is 14.9. The monoisotopic (exact) mass is 426 g/mol. The molecule has 31 heavy (non-hydrogen) atoms. The molecule has 0 saturated carbocycles. The lowest BCUT2D eigenvalue weighted by molar-refractivity contribution is 0.602. The molecular weight excluding hydrogens is 404 g/mol. The molecule has 0 spiro atoms. The summed E-state index contributed by atoms with van der Waals surface area (Å²) >= 11 is 0. The fourth-order valence-electron chi connectivity index (χ4n) is 3.39. The van der Waals surface area contributed by atoms with Gasteiger partial charge in [-0.2, -0.15) is 0 Å². The third-order valence-corrected chi connectivity index (χ3v) is 6.33. The van der Waals surface area contributed by atoms with Crippen LogP contribution in [0.2, 0.25) is 0 Å². The highest BCUT2D eigenvalue weighted by Crippen LogP contribution is 2.31. The highest BCUT2D eigenvalue weighted by molar-refractivity contribution is 7.93. The highest BCUT2D eigenvalue weighted by atomic mass is 32.2. The topological polar surface area (TPSA) is 49.4 Å². The maximum absolute atomic E-state index is 13.1. The highest BCUT2D eigenvalue weighted by Gasteiger charge is 2.18. The van der Waals surface area contributed by atoms with Crippen LogP contribution in [0.25, 0.3) is 10.8 Å². The molecular formula is C26H22N2O2S. The van der Waals surface area contributed by atoms with E-state index in [-0.39, 0.29) is 4.90 Å². The molecule has 4 nitrogen and oxygen atoms in total. The first-order valence-electron chi connectivity index (χ1n) is 9.83. The number of hydrogen-bond donors (Lipinski definition) is 1. The summed E-state index contributed by atoms with van der Waals surface area (Å²) in [6.45, 7) is 0. The van der Waals surface area contributed by atoms with Crippen molar-refractivity contribution < 1.29 is 8.42 Å². The Morgan fingerprint density at radius 3 is 1.97 bits per heavy atom. The van der Waals surface area contributed by atoms with E-state index in [1.165, 1.54) is 0 Å². The van der Waals surface area contributed by atoms with Crippen LogP contribution in [0.1, 0.15) is 11.1 Å². The Hall–Kier alpha value is -3.75. The summed E-state index contributed by atoms with van der Waals surface area (Å²) in [7, 11) is 0.127. The van der Waals surface area contributed by atoms with Gasteiger partial charge in [0.25, 0.3) is 10.0 Å². The second-order valence-electron chi connectivity index (χ2n) is 7.32. The van der Waals surface area contributed by atoms with Crippen LogP contribution in [0.4, 0.5) is 11.4 Å². The molecule has 154 valence electrons. The Balaban J connectivity index is 1.61. The standard InChI is InChI=1S/C26H22N2O2S/c1-28(2)25-12-6-11-24-23(25)10-7-13-26(24)31(29,30)27-22-18-16-21(17-19-22)15-14-20-8-4-3-5-9-20/h3-13,16-19,27H,1-2H3. The molecule has 0 bridgehead atoms. The second kappa shape index (κ2) is 8.55. The average Bonchev–Trinajstić information content (AvgIpc) is 2.78. The van der Waals surface area contributed by atoms with Gasteiger partial charge in [-0.15, -0.1) is 0 Å². The lowest BCUT2D eigenvalue weighted by atomic mass is 10.1. The number of rotatable bonds is 4. The Morgan fingerprint density at radius 1 is 0.677 bits per heavy atom. The predicted octanol–water partition coefficient (Wildman–Crippen LogP) is 5.11. The number of nitrogens with one attached hydrogen (secondary N) is 1. The predicted molar refractivity (Wildman–Crippen MR) is 128 cm³/mol. The van der Waals surface area contributed by atoms with Crippen molar-refractivity contribution in [3.63, 3.8) is 0 Å². The lowest BCUT2D eigenvalue weighted by Crippen LogP contribution is -2.14. The van der Waals surface area contributed by atoms with Gasteiger partial charge in [-0.05, 0) is 48.5 Å². The largest absolute Gasteiger partial charge is 0.377 e. The van der Waals surface area contributed by atoms with E-state index in [0.717, 1.165) is 22.2 Å². The van der Waals surface area contributed by atoms with Crippen LogP contribution in [-0.4, -0.2) is 22.5 Å². The number of hydrogen-bond acceptors (Lipinski definition) is 3. The van der Waals surface area contributed by atoms with Crippen LogP contribution >= 0.6 is 0 Å². The fourth-order valence-corrected chi connectivity index (χ4v) is 4.67. The Kier molecular flexibility index (Phi) is 5.66. The van der Waals surface area contributed by atoms with E-state index in [1.54, 1.807) is 36.4 Å². The van der Waals surface area contributed by atoms with Crippen molar-refractivity contribution in [1.29, 1.82) is 0 Å². The average molecular weight is 427 g/mol. The van der Waals surface area contributed by atoms with E-state index in [1.807, 2.05) is 73.6 Å². The summed E-state index contributed by atoms with van der Waals surface area (Å²) < 4.78 is 29.0. The van der Waals surface area contributed by atoms with Crippen molar-refractivity contribution >= 4 is 32.2 Å². The normalized spacial score (nSPS) is 10.9. The van der Waals surface area contributed by atoms with Crippen LogP contribution in [0.3, 0.4) is 0 Å². The molecule has 4 rings (SSSR count). The Labute approximate surface area is 183 Å². The third kappa shape index (κ3) is 4.55. The van der Waals surface area contributed by atoms with Gasteiger partial charge in [0.15, 0.2) is 0 Å². The molecule has 0 saturated heterocycles. The van der Waals surface area contributed by atoms with Crippen molar-refractivity contribution in [2.24, 2.45) is 0 Å². The van der Waals surface area contributed by atoms with Crippen molar-refractivity contribution in [3.05, 3.63) is 102 Å². The summed E-state index contributed by atoms with van der Waals surface area (Å²) in [4.78, 5) is 2.23. The minimum atomic E-state index is -3.76. The summed E-state index contributed by atoms with van der Waals surface area (Å²) in [6, 6.07) is 27.8. The zero-order valence-electron chi connectivity index (χ0n) is 17.3. The van der Waals surface area contributed by atoms with Gasteiger partial charge < -0.3 is 4.90 Å². The molecule has 0 heterocycles. The van der Waals surface area contributed by atoms with Gasteiger partial charge in [0.2, 0.25) is 0 Å². The molecule has 0 fully saturated rings. The quantitative estimate of drug-likeness (QED) is 0.462. The first kappa shape index (κ1) is 20.5. The van der Waals surface area contributed by atoms with Gasteiger partial charge in [0.1, 0.15) is 0 Å². The van der Waals surface area contributed by atoms with E-state index >= 15 is 0 Å². The smallest absolute Gasteiger partial charge is 0.262 e. The van der Waals surface area contributed by atoms with Gasteiger partial charge in [-0.1, -0.05) is 54.3 Å². The third-order valence-electron chi connectivity index (χ3n) is 4.89.